The molecule has 216 valence electrons. The number of ether oxygens (including phenoxy) is 2. The molecule has 0 radical (unpaired) electrons. The Labute approximate surface area is 231 Å². The average molecular weight is 566 g/mol. The van der Waals surface area contributed by atoms with Gasteiger partial charge < -0.3 is 30.3 Å². The van der Waals surface area contributed by atoms with E-state index in [2.05, 4.69) is 15.6 Å². The first-order valence-corrected chi connectivity index (χ1v) is 13.5. The molecule has 0 aliphatic carbocycles. The van der Waals surface area contributed by atoms with Crippen LogP contribution in [0, 0.1) is 17.3 Å². The lowest BCUT2D eigenvalue weighted by Crippen LogP contribution is -2.56. The van der Waals surface area contributed by atoms with Crippen molar-refractivity contribution >= 4 is 29.1 Å². The number of nitrogens with one attached hydrogen (secondary N) is 3. The van der Waals surface area contributed by atoms with Crippen LogP contribution in [0.2, 0.25) is 0 Å². The molecule has 3 atom stereocenters. The molecule has 39 heavy (non-hydrogen) atoms. The minimum Gasteiger partial charge on any atom is -0.494 e. The van der Waals surface area contributed by atoms with E-state index in [1.807, 2.05) is 34.6 Å². The van der Waals surface area contributed by atoms with Crippen LogP contribution in [-0.2, 0) is 25.5 Å². The molecule has 2 rings (SSSR count). The quantitative estimate of drug-likeness (QED) is 0.218. The van der Waals surface area contributed by atoms with Gasteiger partial charge in [0.25, 0.3) is 0 Å². The number of thiazole rings is 1. The second-order valence-electron chi connectivity index (χ2n) is 10.7. The maximum Gasteiger partial charge on any atom is 0.333 e. The van der Waals surface area contributed by atoms with E-state index in [9.17, 15) is 29.4 Å². The van der Waals surface area contributed by atoms with Crippen molar-refractivity contribution in [3.05, 3.63) is 44.4 Å². The Morgan fingerprint density at radius 2 is 1.72 bits per heavy atom. The Balaban J connectivity index is 2.01. The molecular formula is C27H39N3O8S. The largest absolute Gasteiger partial charge is 0.494 e. The van der Waals surface area contributed by atoms with E-state index in [1.54, 1.807) is 24.3 Å². The summed E-state index contributed by atoms with van der Waals surface area (Å²) in [6, 6.07) is 6.17. The van der Waals surface area contributed by atoms with Gasteiger partial charge in [-0.3, -0.25) is 19.4 Å². The molecule has 1 aromatic carbocycles. The number of aliphatic carboxylic acids is 1. The highest BCUT2D eigenvalue weighted by atomic mass is 32.1. The molecule has 0 saturated heterocycles. The van der Waals surface area contributed by atoms with Crippen molar-refractivity contribution in [3.63, 3.8) is 0 Å². The Kier molecular flexibility index (Phi) is 11.5. The number of hydrogen-bond donors (Lipinski definition) is 5. The summed E-state index contributed by atoms with van der Waals surface area (Å²) in [5.41, 5.74) is 0.269. The van der Waals surface area contributed by atoms with Gasteiger partial charge in [-0.25, -0.2) is 4.79 Å². The van der Waals surface area contributed by atoms with E-state index >= 15 is 0 Å². The molecule has 0 aliphatic heterocycles. The Morgan fingerprint density at radius 1 is 1.08 bits per heavy atom. The van der Waals surface area contributed by atoms with Gasteiger partial charge in [-0.05, 0) is 35.4 Å². The number of amides is 2. The van der Waals surface area contributed by atoms with Crippen LogP contribution in [0.15, 0.2) is 29.1 Å². The number of aromatic hydroxyl groups is 1. The maximum absolute atomic E-state index is 13.2. The number of carbonyl (C=O) groups excluding carboxylic acids is 2. The molecule has 2 amide bonds. The van der Waals surface area contributed by atoms with Gasteiger partial charge in [0.15, 0.2) is 6.10 Å². The summed E-state index contributed by atoms with van der Waals surface area (Å²) < 4.78 is 11.3. The van der Waals surface area contributed by atoms with Gasteiger partial charge in [0.05, 0.1) is 17.4 Å². The number of rotatable bonds is 14. The molecule has 0 saturated carbocycles. The molecule has 0 fully saturated rings. The Hall–Kier alpha value is -3.38. The zero-order valence-corrected chi connectivity index (χ0v) is 24.0. The number of carboxylic acid groups (broad SMARTS) is 1. The molecule has 11 nitrogen and oxygen atoms in total. The topological polar surface area (TPSA) is 167 Å². The lowest BCUT2D eigenvalue weighted by atomic mass is 9.84. The van der Waals surface area contributed by atoms with Crippen molar-refractivity contribution in [2.24, 2.45) is 17.3 Å². The smallest absolute Gasteiger partial charge is 0.333 e. The van der Waals surface area contributed by atoms with Gasteiger partial charge in [0, 0.05) is 13.5 Å². The third kappa shape index (κ3) is 9.70. The summed E-state index contributed by atoms with van der Waals surface area (Å²) in [7, 11) is 1.48. The first-order chi connectivity index (χ1) is 18.2. The van der Waals surface area contributed by atoms with Crippen LogP contribution in [0.3, 0.4) is 0 Å². The average Bonchev–Trinajstić information content (AvgIpc) is 3.16. The van der Waals surface area contributed by atoms with Crippen LogP contribution in [0.5, 0.6) is 11.6 Å². The standard InChI is InChI=1S/C27H39N3O8S/c1-15(2)13-18(22(31)29-21(24(33)28-6)27(3,4)5)20(25(34)35)38-12-11-37-17-9-7-16(8-10-17)14-19-23(32)30-26(36)39-19/h7-10,15,18,20-21,32H,11-14H2,1-6H3,(H,28,33)(H,29,31)(H,30,36)(H,34,35)/t18?,20?,21-/m1/s1. The minimum atomic E-state index is -1.43. The SMILES string of the molecule is CNC(=O)[C@@H](NC(=O)C(CC(C)C)C(OCCOc1ccc(Cc2sc(=O)[nH]c2O)cc1)C(=O)O)C(C)(C)C. The zero-order valence-electron chi connectivity index (χ0n) is 23.2. The number of carbonyl (C=O) groups is 3. The monoisotopic (exact) mass is 565 g/mol. The third-order valence-electron chi connectivity index (χ3n) is 5.97. The van der Waals surface area contributed by atoms with Crippen LogP contribution in [-0.4, -0.2) is 65.4 Å². The highest BCUT2D eigenvalue weighted by Gasteiger charge is 2.39. The zero-order chi connectivity index (χ0) is 29.3. The summed E-state index contributed by atoms with van der Waals surface area (Å²) in [5, 5.41) is 24.9. The van der Waals surface area contributed by atoms with Crippen molar-refractivity contribution in [2.45, 2.75) is 59.6 Å². The third-order valence-corrected chi connectivity index (χ3v) is 6.84. The lowest BCUT2D eigenvalue weighted by molar-refractivity contribution is -0.160. The van der Waals surface area contributed by atoms with Crippen molar-refractivity contribution in [2.75, 3.05) is 20.3 Å². The fourth-order valence-corrected chi connectivity index (χ4v) is 4.76. The first-order valence-electron chi connectivity index (χ1n) is 12.7. The molecule has 5 N–H and O–H groups in total. The first kappa shape index (κ1) is 31.8. The predicted octanol–water partition coefficient (Wildman–Crippen LogP) is 2.52. The molecule has 2 unspecified atom stereocenters. The van der Waals surface area contributed by atoms with Crippen molar-refractivity contribution in [1.82, 2.24) is 15.6 Å². The second-order valence-corrected chi connectivity index (χ2v) is 11.8. The summed E-state index contributed by atoms with van der Waals surface area (Å²) in [5.74, 6) is -2.83. The molecular weight excluding hydrogens is 526 g/mol. The molecule has 2 aromatic rings. The fraction of sp³-hybridized carbons (Fsp3) is 0.556. The van der Waals surface area contributed by atoms with E-state index in [0.717, 1.165) is 16.9 Å². The van der Waals surface area contributed by atoms with Gasteiger partial charge in [0.2, 0.25) is 17.7 Å². The Morgan fingerprint density at radius 3 is 2.21 bits per heavy atom. The van der Waals surface area contributed by atoms with E-state index in [1.165, 1.54) is 7.05 Å². The molecule has 0 spiro atoms. The fourth-order valence-electron chi connectivity index (χ4n) is 4.00. The summed E-state index contributed by atoms with van der Waals surface area (Å²) in [4.78, 5) is 51.6. The Bertz CT molecular complexity index is 1170. The van der Waals surface area contributed by atoms with Crippen molar-refractivity contribution < 1.29 is 34.1 Å². The molecule has 1 aromatic heterocycles. The molecule has 0 aliphatic rings. The predicted molar refractivity (Wildman–Crippen MR) is 147 cm³/mol. The van der Waals surface area contributed by atoms with Crippen LogP contribution in [0.4, 0.5) is 0 Å². The highest BCUT2D eigenvalue weighted by molar-refractivity contribution is 7.09. The van der Waals surface area contributed by atoms with Gasteiger partial charge in [-0.2, -0.15) is 0 Å². The van der Waals surface area contributed by atoms with Gasteiger partial charge >= 0.3 is 10.8 Å². The number of aromatic nitrogens is 1. The molecule has 12 heteroatoms. The highest BCUT2D eigenvalue weighted by Crippen LogP contribution is 2.24. The van der Waals surface area contributed by atoms with E-state index < -0.39 is 35.4 Å². The number of H-pyrrole nitrogens is 1. The summed E-state index contributed by atoms with van der Waals surface area (Å²) in [6.07, 6.45) is -0.792. The minimum absolute atomic E-state index is 0.00302. The van der Waals surface area contributed by atoms with Gasteiger partial charge in [0.1, 0.15) is 18.4 Å². The maximum atomic E-state index is 13.2. The number of aromatic amines is 1. The van der Waals surface area contributed by atoms with E-state index in [4.69, 9.17) is 9.47 Å². The van der Waals surface area contributed by atoms with E-state index in [0.29, 0.717) is 17.0 Å². The summed E-state index contributed by atoms with van der Waals surface area (Å²) >= 11 is 0.944. The summed E-state index contributed by atoms with van der Waals surface area (Å²) in [6.45, 7) is 9.16. The molecule has 1 heterocycles. The van der Waals surface area contributed by atoms with Crippen LogP contribution in [0.25, 0.3) is 0 Å². The van der Waals surface area contributed by atoms with Crippen LogP contribution >= 0.6 is 11.3 Å². The van der Waals surface area contributed by atoms with Crippen molar-refractivity contribution in [3.8, 4) is 11.6 Å². The van der Waals surface area contributed by atoms with E-state index in [-0.39, 0.29) is 42.2 Å². The second kappa shape index (κ2) is 14.1. The van der Waals surface area contributed by atoms with Gasteiger partial charge in [-0.1, -0.05) is 58.1 Å². The number of carboxylic acids is 1. The normalized spacial score (nSPS) is 13.9. The number of hydrogen-bond acceptors (Lipinski definition) is 8. The number of benzene rings is 1. The van der Waals surface area contributed by atoms with Crippen LogP contribution < -0.4 is 20.2 Å². The molecule has 0 bridgehead atoms. The number of likely N-dealkylation sites (N-methyl/N-ethyl adjacent to an activating group) is 1. The van der Waals surface area contributed by atoms with Gasteiger partial charge in [-0.15, -0.1) is 0 Å². The van der Waals surface area contributed by atoms with Crippen molar-refractivity contribution in [1.29, 1.82) is 0 Å². The van der Waals surface area contributed by atoms with Crippen LogP contribution in [0.1, 0.15) is 51.5 Å². The lowest BCUT2D eigenvalue weighted by Gasteiger charge is -2.32.